The van der Waals surface area contributed by atoms with Crippen LogP contribution in [0.2, 0.25) is 0 Å². The maximum atomic E-state index is 11.9. The maximum Gasteiger partial charge on any atom is 0.342 e. The van der Waals surface area contributed by atoms with Crippen LogP contribution in [0.4, 0.5) is 11.4 Å². The Morgan fingerprint density at radius 3 is 2.77 bits per heavy atom. The number of nitrogens with one attached hydrogen (secondary N) is 1. The van der Waals surface area contributed by atoms with Crippen molar-refractivity contribution in [2.45, 2.75) is 13.0 Å². The third-order valence-corrected chi connectivity index (χ3v) is 2.73. The second-order valence-corrected chi connectivity index (χ2v) is 4.36. The summed E-state index contributed by atoms with van der Waals surface area (Å²) in [6.45, 7) is 1.39. The van der Waals surface area contributed by atoms with Crippen LogP contribution >= 0.6 is 0 Å². The molecule has 0 bridgehead atoms. The molecule has 0 aliphatic rings. The Morgan fingerprint density at radius 2 is 2.14 bits per heavy atom. The summed E-state index contributed by atoms with van der Waals surface area (Å²) in [4.78, 5) is 33.7. The first-order valence-corrected chi connectivity index (χ1v) is 6.26. The molecule has 2 aromatic rings. The number of non-ortho nitro benzene ring substituents is 1. The van der Waals surface area contributed by atoms with Crippen LogP contribution in [0.1, 0.15) is 17.3 Å². The third-order valence-electron chi connectivity index (χ3n) is 2.73. The number of anilines is 1. The number of rotatable bonds is 5. The monoisotopic (exact) mass is 304 g/mol. The molecule has 1 heterocycles. The molecule has 1 amide bonds. The number of carbonyl (C=O) groups is 2. The van der Waals surface area contributed by atoms with Crippen molar-refractivity contribution in [3.8, 4) is 0 Å². The van der Waals surface area contributed by atoms with E-state index in [1.165, 1.54) is 49.8 Å². The van der Waals surface area contributed by atoms with Crippen LogP contribution in [0.25, 0.3) is 0 Å². The zero-order valence-electron chi connectivity index (χ0n) is 11.5. The van der Waals surface area contributed by atoms with E-state index < -0.39 is 22.9 Å². The topological polar surface area (TPSA) is 112 Å². The number of hydrogen-bond donors (Lipinski definition) is 1. The lowest BCUT2D eigenvalue weighted by atomic mass is 10.2. The van der Waals surface area contributed by atoms with Crippen molar-refractivity contribution in [3.05, 3.63) is 58.5 Å². The van der Waals surface area contributed by atoms with E-state index in [0.717, 1.165) is 0 Å². The van der Waals surface area contributed by atoms with Gasteiger partial charge in [0.15, 0.2) is 6.10 Å². The highest BCUT2D eigenvalue weighted by Crippen LogP contribution is 2.17. The molecule has 1 N–H and O–H groups in total. The molecule has 114 valence electrons. The van der Waals surface area contributed by atoms with Gasteiger partial charge in [0, 0.05) is 17.8 Å². The summed E-state index contributed by atoms with van der Waals surface area (Å²) in [5, 5.41) is 13.1. The van der Waals surface area contributed by atoms with Gasteiger partial charge >= 0.3 is 5.97 Å². The van der Waals surface area contributed by atoms with E-state index in [4.69, 9.17) is 9.15 Å². The van der Waals surface area contributed by atoms with Crippen molar-refractivity contribution < 1.29 is 23.7 Å². The van der Waals surface area contributed by atoms with Crippen molar-refractivity contribution in [1.82, 2.24) is 0 Å². The van der Waals surface area contributed by atoms with E-state index >= 15 is 0 Å². The number of carbonyl (C=O) groups excluding carboxylic acids is 2. The molecule has 0 radical (unpaired) electrons. The Bertz CT molecular complexity index is 695. The Morgan fingerprint density at radius 1 is 1.36 bits per heavy atom. The molecule has 0 saturated carbocycles. The number of nitrogens with zero attached hydrogens (tertiary/aromatic N) is 1. The normalized spacial score (nSPS) is 11.5. The predicted molar refractivity (Wildman–Crippen MR) is 75.3 cm³/mol. The lowest BCUT2D eigenvalue weighted by Crippen LogP contribution is -2.29. The number of amides is 1. The van der Waals surface area contributed by atoms with Gasteiger partial charge in [-0.25, -0.2) is 4.79 Å². The Kier molecular flexibility index (Phi) is 4.52. The summed E-state index contributed by atoms with van der Waals surface area (Å²) >= 11 is 0. The highest BCUT2D eigenvalue weighted by atomic mass is 16.6. The van der Waals surface area contributed by atoms with Crippen LogP contribution in [0.3, 0.4) is 0 Å². The molecule has 0 saturated heterocycles. The molecule has 0 spiro atoms. The van der Waals surface area contributed by atoms with E-state index in [-0.39, 0.29) is 16.9 Å². The number of hydrogen-bond acceptors (Lipinski definition) is 6. The lowest BCUT2D eigenvalue weighted by molar-refractivity contribution is -0.384. The predicted octanol–water partition coefficient (Wildman–Crippen LogP) is 2.37. The summed E-state index contributed by atoms with van der Waals surface area (Å²) in [5.74, 6) is -1.30. The smallest absolute Gasteiger partial charge is 0.342 e. The van der Waals surface area contributed by atoms with E-state index in [0.29, 0.717) is 0 Å². The first-order valence-electron chi connectivity index (χ1n) is 6.26. The SMILES string of the molecule is CC(OC(=O)c1ccoc1)C(=O)Nc1cccc([N+](=O)[O-])c1. The highest BCUT2D eigenvalue weighted by molar-refractivity contribution is 5.97. The van der Waals surface area contributed by atoms with Crippen molar-refractivity contribution >= 4 is 23.3 Å². The lowest BCUT2D eigenvalue weighted by Gasteiger charge is -2.12. The first-order chi connectivity index (χ1) is 10.5. The Balaban J connectivity index is 1.98. The third kappa shape index (κ3) is 3.69. The van der Waals surface area contributed by atoms with Gasteiger partial charge in [-0.05, 0) is 19.1 Å². The maximum absolute atomic E-state index is 11.9. The van der Waals surface area contributed by atoms with Gasteiger partial charge in [0.2, 0.25) is 0 Å². The number of esters is 1. The number of nitro groups is 1. The van der Waals surface area contributed by atoms with Crippen LogP contribution in [0, 0.1) is 10.1 Å². The quantitative estimate of drug-likeness (QED) is 0.515. The van der Waals surface area contributed by atoms with E-state index in [1.807, 2.05) is 0 Å². The van der Waals surface area contributed by atoms with Crippen molar-refractivity contribution in [2.24, 2.45) is 0 Å². The molecule has 1 aromatic carbocycles. The van der Waals surface area contributed by atoms with Crippen LogP contribution in [-0.4, -0.2) is 22.9 Å². The molecule has 8 heteroatoms. The number of furan rings is 1. The van der Waals surface area contributed by atoms with Crippen LogP contribution in [0.5, 0.6) is 0 Å². The average Bonchev–Trinajstić information content (AvgIpc) is 3.01. The molecule has 1 atom stereocenters. The largest absolute Gasteiger partial charge is 0.472 e. The molecule has 0 fully saturated rings. The summed E-state index contributed by atoms with van der Waals surface area (Å²) < 4.78 is 9.71. The molecular formula is C14H12N2O6. The molecule has 2 rings (SSSR count). The standard InChI is InChI=1S/C14H12N2O6/c1-9(22-14(18)10-5-6-21-8-10)13(17)15-11-3-2-4-12(7-11)16(19)20/h2-9H,1H3,(H,15,17). The van der Waals surface area contributed by atoms with E-state index in [9.17, 15) is 19.7 Å². The zero-order valence-corrected chi connectivity index (χ0v) is 11.5. The second kappa shape index (κ2) is 6.53. The first kappa shape index (κ1) is 15.2. The van der Waals surface area contributed by atoms with Crippen molar-refractivity contribution in [2.75, 3.05) is 5.32 Å². The summed E-state index contributed by atoms with van der Waals surface area (Å²) in [7, 11) is 0. The Labute approximate surface area is 124 Å². The van der Waals surface area contributed by atoms with Gasteiger partial charge < -0.3 is 14.5 Å². The molecular weight excluding hydrogens is 292 g/mol. The van der Waals surface area contributed by atoms with Gasteiger partial charge in [0.05, 0.1) is 16.7 Å². The molecule has 1 unspecified atom stereocenters. The fourth-order valence-electron chi connectivity index (χ4n) is 1.60. The van der Waals surface area contributed by atoms with Gasteiger partial charge in [-0.1, -0.05) is 6.07 Å². The minimum Gasteiger partial charge on any atom is -0.472 e. The van der Waals surface area contributed by atoms with Gasteiger partial charge in [-0.2, -0.15) is 0 Å². The fourth-order valence-corrected chi connectivity index (χ4v) is 1.60. The minimum atomic E-state index is -1.07. The van der Waals surface area contributed by atoms with Crippen LogP contribution in [0.15, 0.2) is 47.3 Å². The van der Waals surface area contributed by atoms with Gasteiger partial charge in [0.25, 0.3) is 11.6 Å². The second-order valence-electron chi connectivity index (χ2n) is 4.36. The van der Waals surface area contributed by atoms with E-state index in [1.54, 1.807) is 0 Å². The van der Waals surface area contributed by atoms with Crippen molar-refractivity contribution in [1.29, 1.82) is 0 Å². The average molecular weight is 304 g/mol. The highest BCUT2D eigenvalue weighted by Gasteiger charge is 2.20. The van der Waals surface area contributed by atoms with E-state index in [2.05, 4.69) is 5.32 Å². The Hall–Kier alpha value is -3.16. The molecule has 0 aliphatic carbocycles. The number of benzene rings is 1. The van der Waals surface area contributed by atoms with Gasteiger partial charge in [-0.3, -0.25) is 14.9 Å². The minimum absolute atomic E-state index is 0.152. The summed E-state index contributed by atoms with van der Waals surface area (Å²) in [6, 6.07) is 6.86. The summed E-state index contributed by atoms with van der Waals surface area (Å²) in [5.41, 5.74) is 0.279. The summed E-state index contributed by atoms with van der Waals surface area (Å²) in [6.07, 6.45) is 1.44. The fraction of sp³-hybridized carbons (Fsp3) is 0.143. The molecule has 0 aliphatic heterocycles. The van der Waals surface area contributed by atoms with Crippen molar-refractivity contribution in [3.63, 3.8) is 0 Å². The zero-order chi connectivity index (χ0) is 16.1. The van der Waals surface area contributed by atoms with Gasteiger partial charge in [0.1, 0.15) is 6.26 Å². The molecule has 8 nitrogen and oxygen atoms in total. The molecule has 22 heavy (non-hydrogen) atoms. The molecule has 1 aromatic heterocycles. The van der Waals surface area contributed by atoms with Gasteiger partial charge in [-0.15, -0.1) is 0 Å². The number of nitro benzene ring substituents is 1. The van der Waals surface area contributed by atoms with Crippen LogP contribution in [-0.2, 0) is 9.53 Å². The van der Waals surface area contributed by atoms with Crippen LogP contribution < -0.4 is 5.32 Å². The number of ether oxygens (including phenoxy) is 1.